The quantitative estimate of drug-likeness (QED) is 0.538. The van der Waals surface area contributed by atoms with Crippen LogP contribution in [0.4, 0.5) is 13.2 Å². The summed E-state index contributed by atoms with van der Waals surface area (Å²) in [5, 5.41) is 16.2. The van der Waals surface area contributed by atoms with Gasteiger partial charge in [0.1, 0.15) is 18.5 Å². The van der Waals surface area contributed by atoms with Crippen molar-refractivity contribution in [1.29, 1.82) is 0 Å². The van der Waals surface area contributed by atoms with Gasteiger partial charge in [0.05, 0.1) is 12.1 Å². The van der Waals surface area contributed by atoms with E-state index in [9.17, 15) is 18.3 Å². The first-order valence-corrected chi connectivity index (χ1v) is 8.06. The SMILES string of the molecule is CCNC(=NCC(O)COc1ccc(C(F)(F)F)cc1)NC(C)(C)C. The first kappa shape index (κ1) is 21.1. The minimum Gasteiger partial charge on any atom is -0.491 e. The summed E-state index contributed by atoms with van der Waals surface area (Å²) in [7, 11) is 0. The summed E-state index contributed by atoms with van der Waals surface area (Å²) in [6.45, 7) is 8.62. The van der Waals surface area contributed by atoms with E-state index < -0.39 is 17.8 Å². The van der Waals surface area contributed by atoms with Gasteiger partial charge in [0.15, 0.2) is 5.96 Å². The summed E-state index contributed by atoms with van der Waals surface area (Å²) < 4.78 is 42.7. The van der Waals surface area contributed by atoms with Crippen molar-refractivity contribution in [3.05, 3.63) is 29.8 Å². The number of guanidine groups is 1. The standard InChI is InChI=1S/C17H26F3N3O2/c1-5-21-15(23-16(2,3)4)22-10-13(24)11-25-14-8-6-12(7-9-14)17(18,19)20/h6-9,13,24H,5,10-11H2,1-4H3,(H2,21,22,23). The third kappa shape index (κ3) is 8.62. The number of aliphatic imine (C=N–C) groups is 1. The lowest BCUT2D eigenvalue weighted by molar-refractivity contribution is -0.137. The van der Waals surface area contributed by atoms with E-state index in [0.717, 1.165) is 12.1 Å². The van der Waals surface area contributed by atoms with Crippen LogP contribution < -0.4 is 15.4 Å². The van der Waals surface area contributed by atoms with Crippen LogP contribution in [0, 0.1) is 0 Å². The normalized spacial score (nSPS) is 14.2. The molecule has 0 aromatic heterocycles. The largest absolute Gasteiger partial charge is 0.491 e. The molecule has 0 saturated heterocycles. The number of benzene rings is 1. The second-order valence-electron chi connectivity index (χ2n) is 6.58. The Labute approximate surface area is 146 Å². The van der Waals surface area contributed by atoms with Crippen molar-refractivity contribution in [2.75, 3.05) is 19.7 Å². The zero-order chi connectivity index (χ0) is 19.1. The molecule has 0 bridgehead atoms. The maximum absolute atomic E-state index is 12.5. The second-order valence-corrected chi connectivity index (χ2v) is 6.58. The summed E-state index contributed by atoms with van der Waals surface area (Å²) in [6.07, 6.45) is -5.26. The molecule has 0 amide bonds. The van der Waals surface area contributed by atoms with E-state index in [2.05, 4.69) is 15.6 Å². The van der Waals surface area contributed by atoms with Crippen molar-refractivity contribution >= 4 is 5.96 Å². The zero-order valence-electron chi connectivity index (χ0n) is 14.9. The molecular weight excluding hydrogens is 335 g/mol. The summed E-state index contributed by atoms with van der Waals surface area (Å²) >= 11 is 0. The molecule has 25 heavy (non-hydrogen) atoms. The van der Waals surface area contributed by atoms with Crippen LogP contribution in [-0.2, 0) is 6.18 Å². The summed E-state index contributed by atoms with van der Waals surface area (Å²) in [4.78, 5) is 4.27. The van der Waals surface area contributed by atoms with Crippen molar-refractivity contribution in [3.8, 4) is 5.75 Å². The molecular formula is C17H26F3N3O2. The van der Waals surface area contributed by atoms with Crippen LogP contribution >= 0.6 is 0 Å². The van der Waals surface area contributed by atoms with E-state index in [1.165, 1.54) is 12.1 Å². The van der Waals surface area contributed by atoms with Gasteiger partial charge in [0.2, 0.25) is 0 Å². The summed E-state index contributed by atoms with van der Waals surface area (Å²) in [6, 6.07) is 4.33. The number of ether oxygens (including phenoxy) is 1. The van der Waals surface area contributed by atoms with Crippen LogP contribution in [0.25, 0.3) is 0 Å². The number of halogens is 3. The van der Waals surface area contributed by atoms with Crippen molar-refractivity contribution in [3.63, 3.8) is 0 Å². The Morgan fingerprint density at radius 3 is 2.28 bits per heavy atom. The Bertz CT molecular complexity index is 552. The van der Waals surface area contributed by atoms with Gasteiger partial charge in [-0.05, 0) is 52.0 Å². The molecule has 0 aliphatic carbocycles. The maximum atomic E-state index is 12.5. The molecule has 0 aliphatic heterocycles. The Balaban J connectivity index is 2.53. The van der Waals surface area contributed by atoms with Gasteiger partial charge in [0, 0.05) is 12.1 Å². The van der Waals surface area contributed by atoms with E-state index in [1.54, 1.807) is 0 Å². The fraction of sp³-hybridized carbons (Fsp3) is 0.588. The van der Waals surface area contributed by atoms with E-state index in [4.69, 9.17) is 4.74 Å². The average molecular weight is 361 g/mol. The van der Waals surface area contributed by atoms with E-state index in [1.807, 2.05) is 27.7 Å². The van der Waals surface area contributed by atoms with Crippen LogP contribution in [0.15, 0.2) is 29.3 Å². The molecule has 0 fully saturated rings. The molecule has 1 aromatic carbocycles. The van der Waals surface area contributed by atoms with Crippen LogP contribution in [0.5, 0.6) is 5.75 Å². The Morgan fingerprint density at radius 2 is 1.80 bits per heavy atom. The van der Waals surface area contributed by atoms with Gasteiger partial charge >= 0.3 is 6.18 Å². The van der Waals surface area contributed by atoms with Crippen LogP contribution in [0.2, 0.25) is 0 Å². The number of aliphatic hydroxyl groups excluding tert-OH is 1. The number of hydrogen-bond donors (Lipinski definition) is 3. The maximum Gasteiger partial charge on any atom is 0.416 e. The third-order valence-electron chi connectivity index (χ3n) is 2.92. The Morgan fingerprint density at radius 1 is 1.20 bits per heavy atom. The molecule has 1 unspecified atom stereocenters. The van der Waals surface area contributed by atoms with Crippen molar-refractivity contribution < 1.29 is 23.0 Å². The molecule has 142 valence electrons. The van der Waals surface area contributed by atoms with Crippen molar-refractivity contribution in [1.82, 2.24) is 10.6 Å². The first-order chi connectivity index (χ1) is 11.5. The highest BCUT2D eigenvalue weighted by atomic mass is 19.4. The summed E-state index contributed by atoms with van der Waals surface area (Å²) in [5.41, 5.74) is -0.920. The van der Waals surface area contributed by atoms with Gasteiger partial charge < -0.3 is 20.5 Å². The molecule has 0 heterocycles. The Hall–Kier alpha value is -1.96. The van der Waals surface area contributed by atoms with Crippen LogP contribution in [0.3, 0.4) is 0 Å². The van der Waals surface area contributed by atoms with Crippen LogP contribution in [-0.4, -0.2) is 42.4 Å². The summed E-state index contributed by atoms with van der Waals surface area (Å²) in [5.74, 6) is 0.833. The highest BCUT2D eigenvalue weighted by Crippen LogP contribution is 2.30. The molecule has 8 heteroatoms. The van der Waals surface area contributed by atoms with Crippen molar-refractivity contribution in [2.24, 2.45) is 4.99 Å². The Kier molecular flexibility index (Phi) is 7.54. The minimum absolute atomic E-state index is 0.0657. The van der Waals surface area contributed by atoms with Gasteiger partial charge in [0.25, 0.3) is 0 Å². The molecule has 0 spiro atoms. The first-order valence-electron chi connectivity index (χ1n) is 8.06. The van der Waals surface area contributed by atoms with Crippen LogP contribution in [0.1, 0.15) is 33.3 Å². The van der Waals surface area contributed by atoms with Gasteiger partial charge in [-0.25, -0.2) is 0 Å². The molecule has 0 aliphatic rings. The second kappa shape index (κ2) is 8.94. The monoisotopic (exact) mass is 361 g/mol. The topological polar surface area (TPSA) is 65.9 Å². The highest BCUT2D eigenvalue weighted by molar-refractivity contribution is 5.80. The molecule has 0 radical (unpaired) electrons. The lowest BCUT2D eigenvalue weighted by Crippen LogP contribution is -2.48. The average Bonchev–Trinajstić information content (AvgIpc) is 2.49. The number of hydrogen-bond acceptors (Lipinski definition) is 3. The fourth-order valence-electron chi connectivity index (χ4n) is 1.84. The lowest BCUT2D eigenvalue weighted by atomic mass is 10.1. The van der Waals surface area contributed by atoms with E-state index in [0.29, 0.717) is 12.5 Å². The number of alkyl halides is 3. The predicted molar refractivity (Wildman–Crippen MR) is 91.8 cm³/mol. The van der Waals surface area contributed by atoms with Gasteiger partial charge in [-0.15, -0.1) is 0 Å². The van der Waals surface area contributed by atoms with Crippen molar-refractivity contribution in [2.45, 2.75) is 45.5 Å². The van der Waals surface area contributed by atoms with Gasteiger partial charge in [-0.3, -0.25) is 4.99 Å². The van der Waals surface area contributed by atoms with Gasteiger partial charge in [-0.1, -0.05) is 0 Å². The van der Waals surface area contributed by atoms with E-state index in [-0.39, 0.29) is 24.4 Å². The molecule has 1 aromatic rings. The highest BCUT2D eigenvalue weighted by Gasteiger charge is 2.30. The minimum atomic E-state index is -4.38. The van der Waals surface area contributed by atoms with E-state index >= 15 is 0 Å². The molecule has 1 atom stereocenters. The molecule has 0 saturated carbocycles. The molecule has 3 N–H and O–H groups in total. The number of rotatable bonds is 6. The molecule has 1 rings (SSSR count). The fourth-order valence-corrected chi connectivity index (χ4v) is 1.84. The van der Waals surface area contributed by atoms with Gasteiger partial charge in [-0.2, -0.15) is 13.2 Å². The number of nitrogens with zero attached hydrogens (tertiary/aromatic N) is 1. The zero-order valence-corrected chi connectivity index (χ0v) is 14.9. The predicted octanol–water partition coefficient (Wildman–Crippen LogP) is 2.80. The number of aliphatic hydroxyl groups is 1. The lowest BCUT2D eigenvalue weighted by Gasteiger charge is -2.24. The number of nitrogens with one attached hydrogen (secondary N) is 2. The molecule has 5 nitrogen and oxygen atoms in total. The third-order valence-corrected chi connectivity index (χ3v) is 2.92. The smallest absolute Gasteiger partial charge is 0.416 e.